The second kappa shape index (κ2) is 11.5. The number of hydrogen-bond donors (Lipinski definition) is 2. The van der Waals surface area contributed by atoms with Crippen LogP contribution in [0, 0.1) is 62.6 Å². The van der Waals surface area contributed by atoms with Crippen molar-refractivity contribution in [2.75, 3.05) is 26.2 Å². The molecule has 5 aliphatic carbocycles. The Morgan fingerprint density at radius 1 is 0.880 bits per heavy atom. The van der Waals surface area contributed by atoms with Crippen LogP contribution in [-0.2, 0) is 19.0 Å². The van der Waals surface area contributed by atoms with E-state index in [1.807, 2.05) is 0 Å². The first kappa shape index (κ1) is 35.0. The maximum atomic E-state index is 13.3. The summed E-state index contributed by atoms with van der Waals surface area (Å²) in [4.78, 5) is 41.1. The van der Waals surface area contributed by atoms with Gasteiger partial charge in [0.25, 0.3) is 0 Å². The highest BCUT2D eigenvalue weighted by atomic mass is 16.6. The van der Waals surface area contributed by atoms with Crippen LogP contribution in [-0.4, -0.2) is 94.9 Å². The monoisotopic (exact) mass is 698 g/mol. The molecule has 50 heavy (non-hydrogen) atoms. The lowest BCUT2D eigenvalue weighted by Gasteiger charge is -2.63. The Bertz CT molecular complexity index is 1420. The smallest absolute Gasteiger partial charge is 0.410 e. The van der Waals surface area contributed by atoms with Gasteiger partial charge in [0.1, 0.15) is 12.2 Å². The molecule has 10 nitrogen and oxygen atoms in total. The van der Waals surface area contributed by atoms with Crippen molar-refractivity contribution in [3.63, 3.8) is 0 Å². The summed E-state index contributed by atoms with van der Waals surface area (Å²) in [6.45, 7) is 18.2. The number of carbonyl (C=O) groups excluding carboxylic acids is 2. The van der Waals surface area contributed by atoms with E-state index in [2.05, 4.69) is 48.5 Å². The summed E-state index contributed by atoms with van der Waals surface area (Å²) in [7, 11) is 0. The molecule has 3 saturated heterocycles. The fourth-order valence-corrected chi connectivity index (χ4v) is 14.4. The first-order valence-corrected chi connectivity index (χ1v) is 20.0. The van der Waals surface area contributed by atoms with Crippen molar-refractivity contribution in [2.45, 2.75) is 143 Å². The average Bonchev–Trinajstić information content (AvgIpc) is 3.32. The van der Waals surface area contributed by atoms with E-state index < -0.39 is 18.0 Å². The van der Waals surface area contributed by atoms with Crippen molar-refractivity contribution < 1.29 is 38.8 Å². The first-order chi connectivity index (χ1) is 23.5. The predicted octanol–water partition coefficient (Wildman–Crippen LogP) is 6.58. The summed E-state index contributed by atoms with van der Waals surface area (Å²) in [5, 5.41) is 22.1. The molecule has 5 saturated carbocycles. The number of likely N-dealkylation sites (tertiary alicyclic amines) is 2. The van der Waals surface area contributed by atoms with E-state index in [4.69, 9.17) is 14.2 Å². The molecule has 3 unspecified atom stereocenters. The summed E-state index contributed by atoms with van der Waals surface area (Å²) < 4.78 is 19.4. The van der Waals surface area contributed by atoms with Gasteiger partial charge in [-0.2, -0.15) is 0 Å². The number of aliphatic carboxylic acids is 1. The fraction of sp³-hybridized carbons (Fsp3) is 0.925. The van der Waals surface area contributed by atoms with Crippen molar-refractivity contribution in [1.82, 2.24) is 9.80 Å². The number of carboxylic acid groups (broad SMARTS) is 1. The number of fused-ring (bicyclic) bond motifs is 4. The van der Waals surface area contributed by atoms with E-state index in [0.29, 0.717) is 30.7 Å². The van der Waals surface area contributed by atoms with E-state index in [-0.39, 0.29) is 82.1 Å². The number of nitrogens with zero attached hydrogens (tertiary/aromatic N) is 2. The minimum atomic E-state index is -0.844. The van der Waals surface area contributed by atoms with Crippen LogP contribution in [0.1, 0.15) is 113 Å². The van der Waals surface area contributed by atoms with Crippen LogP contribution < -0.4 is 0 Å². The van der Waals surface area contributed by atoms with Gasteiger partial charge in [-0.05, 0) is 110 Å². The van der Waals surface area contributed by atoms with E-state index in [9.17, 15) is 24.6 Å². The zero-order chi connectivity index (χ0) is 35.8. The van der Waals surface area contributed by atoms with Crippen LogP contribution in [0.4, 0.5) is 9.59 Å². The average molecular weight is 699 g/mol. The van der Waals surface area contributed by atoms with E-state index in [1.165, 1.54) is 12.8 Å². The third kappa shape index (κ3) is 4.54. The molecule has 0 bridgehead atoms. The van der Waals surface area contributed by atoms with Gasteiger partial charge in [0.15, 0.2) is 0 Å². The second-order valence-corrected chi connectivity index (χ2v) is 19.6. The molecular formula is C40H62N2O8. The molecule has 280 valence electrons. The zero-order valence-corrected chi connectivity index (χ0v) is 31.5. The van der Waals surface area contributed by atoms with Gasteiger partial charge in [-0.15, -0.1) is 0 Å². The van der Waals surface area contributed by atoms with Gasteiger partial charge < -0.3 is 34.2 Å². The van der Waals surface area contributed by atoms with Gasteiger partial charge in [0.2, 0.25) is 0 Å². The molecule has 0 radical (unpaired) electrons. The van der Waals surface area contributed by atoms with Gasteiger partial charge in [-0.3, -0.25) is 4.79 Å². The highest BCUT2D eigenvalue weighted by Crippen LogP contribution is 2.89. The van der Waals surface area contributed by atoms with Gasteiger partial charge in [0.05, 0.1) is 24.2 Å². The Morgan fingerprint density at radius 2 is 1.58 bits per heavy atom. The molecule has 2 N–H and O–H groups in total. The molecule has 0 aromatic rings. The third-order valence-electron chi connectivity index (χ3n) is 17.2. The van der Waals surface area contributed by atoms with Crippen molar-refractivity contribution in [2.24, 2.45) is 62.6 Å². The van der Waals surface area contributed by atoms with Crippen LogP contribution in [0.3, 0.4) is 0 Å². The van der Waals surface area contributed by atoms with Crippen molar-refractivity contribution in [3.05, 3.63) is 0 Å². The number of amides is 2. The summed E-state index contributed by atoms with van der Waals surface area (Å²) in [6, 6.07) is 0. The minimum Gasteiger partial charge on any atom is -0.481 e. The molecule has 8 fully saturated rings. The number of aliphatic hydroxyl groups is 1. The molecule has 10 heteroatoms. The molecule has 3 aliphatic heterocycles. The molecule has 0 aromatic carbocycles. The van der Waals surface area contributed by atoms with E-state index >= 15 is 0 Å². The van der Waals surface area contributed by atoms with E-state index in [1.54, 1.807) is 9.80 Å². The topological polar surface area (TPSA) is 126 Å². The minimum absolute atomic E-state index is 0.0541. The summed E-state index contributed by atoms with van der Waals surface area (Å²) in [5.41, 5.74) is -0.150. The Morgan fingerprint density at radius 3 is 2.22 bits per heavy atom. The number of aliphatic hydroxyl groups excluding tert-OH is 1. The number of carbonyl (C=O) groups is 3. The number of hydrogen-bond acceptors (Lipinski definition) is 7. The Labute approximate surface area is 298 Å². The predicted molar refractivity (Wildman–Crippen MR) is 185 cm³/mol. The molecular weight excluding hydrogens is 636 g/mol. The number of rotatable bonds is 5. The normalized spacial score (nSPS) is 49.0. The maximum absolute atomic E-state index is 13.3. The molecule has 0 aromatic heterocycles. The summed E-state index contributed by atoms with van der Waals surface area (Å²) >= 11 is 0. The van der Waals surface area contributed by atoms with Crippen LogP contribution >= 0.6 is 0 Å². The molecule has 2 amide bonds. The van der Waals surface area contributed by atoms with Crippen LogP contribution in [0.15, 0.2) is 0 Å². The molecule has 8 aliphatic rings. The Kier molecular flexibility index (Phi) is 8.02. The highest BCUT2D eigenvalue weighted by Gasteiger charge is 2.84. The number of ether oxygens (including phenoxy) is 3. The Balaban J connectivity index is 1.01. The second-order valence-electron chi connectivity index (χ2n) is 19.6. The summed E-state index contributed by atoms with van der Waals surface area (Å²) in [5.74, 6) is 0.183. The van der Waals surface area contributed by atoms with Crippen molar-refractivity contribution >= 4 is 18.2 Å². The van der Waals surface area contributed by atoms with Crippen molar-refractivity contribution in [1.29, 1.82) is 0 Å². The number of carboxylic acids is 1. The lowest BCUT2D eigenvalue weighted by atomic mass is 9.41. The molecule has 14 atom stereocenters. The molecule has 2 spiro atoms. The first-order valence-electron chi connectivity index (χ1n) is 20.0. The summed E-state index contributed by atoms with van der Waals surface area (Å²) in [6.07, 6.45) is 7.57. The van der Waals surface area contributed by atoms with Gasteiger partial charge in [-0.25, -0.2) is 9.59 Å². The highest BCUT2D eigenvalue weighted by molar-refractivity contribution is 5.74. The van der Waals surface area contributed by atoms with Crippen molar-refractivity contribution in [3.8, 4) is 0 Å². The SMILES string of the molecule is CC(C)[C@@H](OC(=O)N1CCC1)C1C[C@@H](C)[C@H]2C(O1)[C@H](O)[C@@]1(C)C3CC[C@H]4C(C)(C)[C@@H](OC(=O)N5CC[C@@H](C(=O)O)C5)CC[C@@]45C[C@@]35CC[C@]21C. The van der Waals surface area contributed by atoms with Gasteiger partial charge in [0, 0.05) is 37.0 Å². The third-order valence-corrected chi connectivity index (χ3v) is 17.2. The lowest BCUT2D eigenvalue weighted by molar-refractivity contribution is -0.185. The molecule has 3 heterocycles. The van der Waals surface area contributed by atoms with Crippen LogP contribution in [0.25, 0.3) is 0 Å². The van der Waals surface area contributed by atoms with Crippen LogP contribution in [0.2, 0.25) is 0 Å². The largest absolute Gasteiger partial charge is 0.481 e. The molecule has 8 rings (SSSR count). The van der Waals surface area contributed by atoms with Gasteiger partial charge >= 0.3 is 18.2 Å². The standard InChI is InChI=1S/C40H62N2O8/c1-22(2)30(50-34(46)41-16-8-17-41)25-19-23(3)29-31(48-25)32(43)38(7)27-10-9-26-36(4,5)28(49-35(47)42-18-12-24(20-42)33(44)45)11-13-39(26)21-40(27,39)15-14-37(29,38)6/h22-32,43H,8-21H2,1-7H3,(H,44,45)/t23-,24-,25?,26+,27?,28+,29+,30-,31?,32+,37-,38-,39-,40+/m1/s1. The fourth-order valence-electron chi connectivity index (χ4n) is 14.4. The Hall–Kier alpha value is -2.07. The lowest BCUT2D eigenvalue weighted by Crippen LogP contribution is -2.60. The quantitative estimate of drug-likeness (QED) is 0.330. The van der Waals surface area contributed by atoms with Gasteiger partial charge in [-0.1, -0.05) is 48.5 Å². The maximum Gasteiger partial charge on any atom is 0.410 e. The zero-order valence-electron chi connectivity index (χ0n) is 31.5. The van der Waals surface area contributed by atoms with Crippen LogP contribution in [0.5, 0.6) is 0 Å². The van der Waals surface area contributed by atoms with E-state index in [0.717, 1.165) is 58.0 Å².